The smallest absolute Gasteiger partial charge is 0.407 e. The van der Waals surface area contributed by atoms with Gasteiger partial charge in [0.1, 0.15) is 0 Å². The zero-order valence-electron chi connectivity index (χ0n) is 27.4. The van der Waals surface area contributed by atoms with E-state index in [2.05, 4.69) is 49.8 Å². The quantitative estimate of drug-likeness (QED) is 0.0880. The van der Waals surface area contributed by atoms with Crippen molar-refractivity contribution in [3.05, 3.63) is 12.7 Å². The molecule has 10 heteroatoms. The van der Waals surface area contributed by atoms with E-state index in [0.717, 1.165) is 90.3 Å². The van der Waals surface area contributed by atoms with Crippen LogP contribution in [0.2, 0.25) is 0 Å². The third-order valence-electron chi connectivity index (χ3n) is 8.37. The lowest BCUT2D eigenvalue weighted by molar-refractivity contribution is -0.137. The summed E-state index contributed by atoms with van der Waals surface area (Å²) in [4.78, 5) is 38.2. The molecular formula is C33H59N3O7. The van der Waals surface area contributed by atoms with E-state index in [0.29, 0.717) is 57.6 Å². The lowest BCUT2D eigenvalue weighted by Crippen LogP contribution is -2.49. The number of nitrogens with zero attached hydrogens (tertiary/aromatic N) is 1. The van der Waals surface area contributed by atoms with Crippen LogP contribution in [0.4, 0.5) is 9.59 Å². The number of carbonyl (C=O) groups is 3. The van der Waals surface area contributed by atoms with E-state index in [1.807, 2.05) is 0 Å². The minimum atomic E-state index is -0.433. The van der Waals surface area contributed by atoms with Crippen molar-refractivity contribution >= 4 is 18.2 Å². The molecule has 1 unspecified atom stereocenters. The summed E-state index contributed by atoms with van der Waals surface area (Å²) in [6, 6.07) is 0. The Morgan fingerprint density at radius 2 is 1.56 bits per heavy atom. The van der Waals surface area contributed by atoms with Crippen LogP contribution in [-0.2, 0) is 23.7 Å². The summed E-state index contributed by atoms with van der Waals surface area (Å²) in [6.45, 7) is 18.8. The van der Waals surface area contributed by atoms with Gasteiger partial charge in [0.2, 0.25) is 0 Å². The molecule has 0 saturated carbocycles. The summed E-state index contributed by atoms with van der Waals surface area (Å²) in [6.07, 6.45) is 9.98. The number of fused-ring (bicyclic) bond motifs is 2. The predicted octanol–water partition coefficient (Wildman–Crippen LogP) is 5.70. The highest BCUT2D eigenvalue weighted by Crippen LogP contribution is 2.39. The van der Waals surface area contributed by atoms with Crippen molar-refractivity contribution in [2.75, 3.05) is 65.8 Å². The molecule has 2 bridgehead atoms. The number of hydrogen-bond donors (Lipinski definition) is 2. The Morgan fingerprint density at radius 3 is 2.23 bits per heavy atom. The van der Waals surface area contributed by atoms with E-state index in [9.17, 15) is 14.4 Å². The summed E-state index contributed by atoms with van der Waals surface area (Å²) in [5, 5.41) is 5.71. The predicted molar refractivity (Wildman–Crippen MR) is 168 cm³/mol. The van der Waals surface area contributed by atoms with Crippen LogP contribution in [0, 0.1) is 22.7 Å². The van der Waals surface area contributed by atoms with Gasteiger partial charge in [-0.05, 0) is 76.2 Å². The SMILES string of the molecule is C=CC(=O)OCCCCNC(=O)OCC1(C)C[C@@H]2CCC[C@@](C)(COC(=O)NCCCCCOCC(C)C)CC[N@@](C2)C1. The highest BCUT2D eigenvalue weighted by atomic mass is 16.6. The second-order valence-electron chi connectivity index (χ2n) is 13.7. The second-order valence-corrected chi connectivity index (χ2v) is 13.7. The number of ether oxygens (including phenoxy) is 4. The van der Waals surface area contributed by atoms with E-state index in [1.54, 1.807) is 0 Å². The van der Waals surface area contributed by atoms with Crippen molar-refractivity contribution in [1.82, 2.24) is 15.5 Å². The first-order valence-corrected chi connectivity index (χ1v) is 16.4. The van der Waals surface area contributed by atoms with E-state index in [1.165, 1.54) is 0 Å². The van der Waals surface area contributed by atoms with Gasteiger partial charge in [-0.3, -0.25) is 0 Å². The Bertz CT molecular complexity index is 854. The first-order valence-electron chi connectivity index (χ1n) is 16.4. The van der Waals surface area contributed by atoms with Gasteiger partial charge in [0.05, 0.1) is 19.8 Å². The van der Waals surface area contributed by atoms with Gasteiger partial charge in [0.25, 0.3) is 0 Å². The fourth-order valence-electron chi connectivity index (χ4n) is 6.02. The summed E-state index contributed by atoms with van der Waals surface area (Å²) >= 11 is 0. The number of alkyl carbamates (subject to hydrolysis) is 2. The molecule has 2 rings (SSSR count). The van der Waals surface area contributed by atoms with Crippen molar-refractivity contribution < 1.29 is 33.3 Å². The average Bonchev–Trinajstić information content (AvgIpc) is 3.02. The molecule has 0 spiro atoms. The van der Waals surface area contributed by atoms with Gasteiger partial charge >= 0.3 is 18.2 Å². The van der Waals surface area contributed by atoms with Gasteiger partial charge < -0.3 is 34.5 Å². The molecule has 2 aliphatic rings. The van der Waals surface area contributed by atoms with Crippen LogP contribution < -0.4 is 10.6 Å². The van der Waals surface area contributed by atoms with Crippen LogP contribution in [0.1, 0.15) is 91.9 Å². The highest BCUT2D eigenvalue weighted by Gasteiger charge is 2.39. The van der Waals surface area contributed by atoms with Crippen LogP contribution in [-0.4, -0.2) is 88.8 Å². The molecule has 43 heavy (non-hydrogen) atoms. The van der Waals surface area contributed by atoms with Gasteiger partial charge in [0, 0.05) is 56.3 Å². The van der Waals surface area contributed by atoms with Crippen LogP contribution in [0.5, 0.6) is 0 Å². The highest BCUT2D eigenvalue weighted by molar-refractivity contribution is 5.81. The van der Waals surface area contributed by atoms with E-state index < -0.39 is 12.1 Å². The Hall–Kier alpha value is -2.33. The van der Waals surface area contributed by atoms with Crippen LogP contribution >= 0.6 is 0 Å². The molecule has 2 aliphatic heterocycles. The van der Waals surface area contributed by atoms with Gasteiger partial charge in [0.15, 0.2) is 0 Å². The zero-order valence-corrected chi connectivity index (χ0v) is 27.4. The number of carbonyl (C=O) groups excluding carboxylic acids is 3. The molecule has 4 atom stereocenters. The number of rotatable bonds is 18. The largest absolute Gasteiger partial charge is 0.463 e. The number of hydrogen-bond acceptors (Lipinski definition) is 8. The summed E-state index contributed by atoms with van der Waals surface area (Å²) in [5.74, 6) is 0.687. The first kappa shape index (κ1) is 36.9. The molecular weight excluding hydrogens is 550 g/mol. The number of piperidine rings is 1. The fraction of sp³-hybridized carbons (Fsp3) is 0.848. The van der Waals surface area contributed by atoms with Gasteiger partial charge in [-0.15, -0.1) is 0 Å². The summed E-state index contributed by atoms with van der Waals surface area (Å²) in [7, 11) is 0. The van der Waals surface area contributed by atoms with E-state index in [-0.39, 0.29) is 16.9 Å². The molecule has 0 aromatic heterocycles. The standard InChI is InChI=1S/C33H59N3O7/c1-6-29(37)41-20-11-9-17-35-31(39)43-26-33(5)21-28-13-12-14-32(4,15-18-36(22-28)24-33)25-42-30(38)34-16-8-7-10-19-40-23-27(2)3/h6,27-28H,1,7-26H2,2-5H3,(H,34,38)(H,35,39)/t28-,32+,33?/m0/s1. The second kappa shape index (κ2) is 19.8. The third kappa shape index (κ3) is 16.4. The molecule has 2 saturated heterocycles. The zero-order chi connectivity index (χ0) is 31.6. The third-order valence-corrected chi connectivity index (χ3v) is 8.37. The Balaban J connectivity index is 1.67. The Morgan fingerprint density at radius 1 is 0.907 bits per heavy atom. The van der Waals surface area contributed by atoms with Crippen molar-refractivity contribution in [2.45, 2.75) is 91.9 Å². The molecule has 2 heterocycles. The average molecular weight is 610 g/mol. The molecule has 10 nitrogen and oxygen atoms in total. The maximum atomic E-state index is 12.4. The van der Waals surface area contributed by atoms with E-state index >= 15 is 0 Å². The molecule has 0 aromatic carbocycles. The van der Waals surface area contributed by atoms with Crippen molar-refractivity contribution in [2.24, 2.45) is 22.7 Å². The maximum Gasteiger partial charge on any atom is 0.407 e. The van der Waals surface area contributed by atoms with Crippen molar-refractivity contribution in [3.63, 3.8) is 0 Å². The van der Waals surface area contributed by atoms with Gasteiger partial charge in [-0.2, -0.15) is 0 Å². The van der Waals surface area contributed by atoms with Crippen molar-refractivity contribution in [1.29, 1.82) is 0 Å². The fourth-order valence-corrected chi connectivity index (χ4v) is 6.02. The minimum absolute atomic E-state index is 0.0562. The van der Waals surface area contributed by atoms with Gasteiger partial charge in [-0.1, -0.05) is 40.7 Å². The van der Waals surface area contributed by atoms with Gasteiger partial charge in [-0.25, -0.2) is 14.4 Å². The molecule has 0 aromatic rings. The Kier molecular flexibility index (Phi) is 17.0. The molecule has 0 radical (unpaired) electrons. The van der Waals surface area contributed by atoms with Crippen LogP contribution in [0.15, 0.2) is 12.7 Å². The van der Waals surface area contributed by atoms with Crippen molar-refractivity contribution in [3.8, 4) is 0 Å². The summed E-state index contributed by atoms with van der Waals surface area (Å²) in [5.41, 5.74) is -0.157. The molecule has 0 aliphatic carbocycles. The normalized spacial score (nSPS) is 25.5. The van der Waals surface area contributed by atoms with E-state index in [4.69, 9.17) is 18.9 Å². The number of esters is 1. The summed E-state index contributed by atoms with van der Waals surface area (Å²) < 4.78 is 21.9. The minimum Gasteiger partial charge on any atom is -0.463 e. The lowest BCUT2D eigenvalue weighted by Gasteiger charge is -2.44. The number of amides is 2. The molecule has 248 valence electrons. The number of nitrogens with one attached hydrogen (secondary N) is 2. The Labute approximate surface area is 260 Å². The first-order chi connectivity index (χ1) is 20.5. The topological polar surface area (TPSA) is 115 Å². The molecule has 2 amide bonds. The maximum absolute atomic E-state index is 12.4. The van der Waals surface area contributed by atoms with Crippen LogP contribution in [0.25, 0.3) is 0 Å². The van der Waals surface area contributed by atoms with Crippen LogP contribution in [0.3, 0.4) is 0 Å². The lowest BCUT2D eigenvalue weighted by atomic mass is 9.76. The monoisotopic (exact) mass is 609 g/mol. The molecule has 2 fully saturated rings. The molecule has 2 N–H and O–H groups in total. The number of unbranched alkanes of at least 4 members (excludes halogenated alkanes) is 3.